The van der Waals surface area contributed by atoms with Gasteiger partial charge in [0, 0.05) is 18.8 Å². The zero-order valence-electron chi connectivity index (χ0n) is 11.3. The minimum Gasteiger partial charge on any atom is -0.478 e. The minimum atomic E-state index is -0.944. The molecule has 0 saturated carbocycles. The van der Waals surface area contributed by atoms with E-state index in [0.29, 0.717) is 6.04 Å². The van der Waals surface area contributed by atoms with Gasteiger partial charge in [0.15, 0.2) is 0 Å². The molecule has 0 aliphatic carbocycles. The number of likely N-dealkylation sites (tertiary alicyclic amines) is 1. The molecular weight excluding hydrogens is 242 g/mol. The van der Waals surface area contributed by atoms with Crippen molar-refractivity contribution >= 4 is 11.8 Å². The molecule has 1 atom stereocenters. The molecule has 2 heterocycles. The van der Waals surface area contributed by atoms with E-state index in [4.69, 9.17) is 5.11 Å². The second-order valence-electron chi connectivity index (χ2n) is 5.14. The van der Waals surface area contributed by atoms with Crippen LogP contribution in [0.3, 0.4) is 0 Å². The van der Waals surface area contributed by atoms with Gasteiger partial charge in [-0.1, -0.05) is 6.42 Å². The van der Waals surface area contributed by atoms with Crippen LogP contribution in [0.5, 0.6) is 0 Å². The highest BCUT2D eigenvalue weighted by molar-refractivity contribution is 5.87. The molecule has 1 aromatic heterocycles. The van der Waals surface area contributed by atoms with Gasteiger partial charge in [-0.3, -0.25) is 0 Å². The molecular formula is C14H21N3O2. The summed E-state index contributed by atoms with van der Waals surface area (Å²) in [7, 11) is 0. The third-order valence-electron chi connectivity index (χ3n) is 3.39. The third kappa shape index (κ3) is 4.21. The molecule has 1 unspecified atom stereocenters. The highest BCUT2D eigenvalue weighted by atomic mass is 16.4. The molecule has 1 saturated heterocycles. The normalized spacial score (nSPS) is 17.9. The molecule has 5 nitrogen and oxygen atoms in total. The van der Waals surface area contributed by atoms with Gasteiger partial charge in [-0.2, -0.15) is 0 Å². The van der Waals surface area contributed by atoms with Crippen LogP contribution < -0.4 is 5.32 Å². The molecule has 0 aromatic carbocycles. The van der Waals surface area contributed by atoms with Crippen molar-refractivity contribution in [2.75, 3.05) is 25.0 Å². The standard InChI is InChI=1S/C14H21N3O2/c1-11(10-17-7-3-2-4-8-17)16-13-6-5-12(9-15-13)14(18)19/h5-6,9,11H,2-4,7-8,10H2,1H3,(H,15,16)(H,18,19). The number of piperidine rings is 1. The Hall–Kier alpha value is -1.62. The van der Waals surface area contributed by atoms with Crippen LogP contribution in [0.4, 0.5) is 5.82 Å². The highest BCUT2D eigenvalue weighted by Crippen LogP contribution is 2.11. The molecule has 1 aliphatic rings. The van der Waals surface area contributed by atoms with Gasteiger partial charge in [0.25, 0.3) is 0 Å². The minimum absolute atomic E-state index is 0.217. The summed E-state index contributed by atoms with van der Waals surface area (Å²) in [5, 5.41) is 12.1. The first kappa shape index (κ1) is 13.8. The van der Waals surface area contributed by atoms with E-state index < -0.39 is 5.97 Å². The number of hydrogen-bond acceptors (Lipinski definition) is 4. The van der Waals surface area contributed by atoms with Gasteiger partial charge in [0.2, 0.25) is 0 Å². The number of carboxylic acid groups (broad SMARTS) is 1. The van der Waals surface area contributed by atoms with Gasteiger partial charge in [-0.05, 0) is 45.0 Å². The molecule has 1 aliphatic heterocycles. The number of pyridine rings is 1. The summed E-state index contributed by atoms with van der Waals surface area (Å²) < 4.78 is 0. The highest BCUT2D eigenvalue weighted by Gasteiger charge is 2.13. The Bertz CT molecular complexity index is 413. The first-order valence-corrected chi connectivity index (χ1v) is 6.83. The second-order valence-corrected chi connectivity index (χ2v) is 5.14. The topological polar surface area (TPSA) is 65.5 Å². The lowest BCUT2D eigenvalue weighted by Gasteiger charge is -2.29. The SMILES string of the molecule is CC(CN1CCCCC1)Nc1ccc(C(=O)O)cn1. The number of aromatic carboxylic acids is 1. The van der Waals surface area contributed by atoms with Crippen LogP contribution in [0, 0.1) is 0 Å². The average molecular weight is 263 g/mol. The number of hydrogen-bond donors (Lipinski definition) is 2. The maximum absolute atomic E-state index is 10.7. The summed E-state index contributed by atoms with van der Waals surface area (Å²) in [5.74, 6) is -0.213. The maximum atomic E-state index is 10.7. The average Bonchev–Trinajstić information content (AvgIpc) is 2.40. The molecule has 0 radical (unpaired) electrons. The number of nitrogens with zero attached hydrogens (tertiary/aromatic N) is 2. The van der Waals surface area contributed by atoms with Gasteiger partial charge in [-0.15, -0.1) is 0 Å². The molecule has 1 aromatic rings. The summed E-state index contributed by atoms with van der Waals surface area (Å²) in [4.78, 5) is 17.3. The summed E-state index contributed by atoms with van der Waals surface area (Å²) in [5.41, 5.74) is 0.217. The first-order chi connectivity index (χ1) is 9.15. The number of nitrogens with one attached hydrogen (secondary N) is 1. The Morgan fingerprint density at radius 3 is 2.74 bits per heavy atom. The number of rotatable bonds is 5. The number of carbonyl (C=O) groups is 1. The lowest BCUT2D eigenvalue weighted by molar-refractivity contribution is 0.0696. The van der Waals surface area contributed by atoms with Crippen molar-refractivity contribution in [1.29, 1.82) is 0 Å². The third-order valence-corrected chi connectivity index (χ3v) is 3.39. The van der Waals surface area contributed by atoms with Crippen molar-refractivity contribution < 1.29 is 9.90 Å². The van der Waals surface area contributed by atoms with E-state index in [0.717, 1.165) is 12.4 Å². The van der Waals surface area contributed by atoms with Crippen LogP contribution in [0.2, 0.25) is 0 Å². The van der Waals surface area contributed by atoms with Gasteiger partial charge in [-0.25, -0.2) is 9.78 Å². The molecule has 2 N–H and O–H groups in total. The van der Waals surface area contributed by atoms with Crippen LogP contribution >= 0.6 is 0 Å². The molecule has 104 valence electrons. The van der Waals surface area contributed by atoms with E-state index in [-0.39, 0.29) is 5.56 Å². The quantitative estimate of drug-likeness (QED) is 0.851. The Morgan fingerprint density at radius 2 is 2.16 bits per heavy atom. The Labute approximate surface area is 113 Å². The van der Waals surface area contributed by atoms with Gasteiger partial charge in [0.1, 0.15) is 5.82 Å². The molecule has 19 heavy (non-hydrogen) atoms. The van der Waals surface area contributed by atoms with Crippen molar-refractivity contribution in [2.24, 2.45) is 0 Å². The number of anilines is 1. The van der Waals surface area contributed by atoms with Crippen molar-refractivity contribution in [3.63, 3.8) is 0 Å². The van der Waals surface area contributed by atoms with E-state index in [9.17, 15) is 4.79 Å². The smallest absolute Gasteiger partial charge is 0.337 e. The van der Waals surface area contributed by atoms with Crippen molar-refractivity contribution in [3.05, 3.63) is 23.9 Å². The summed E-state index contributed by atoms with van der Waals surface area (Å²) in [6.07, 6.45) is 5.31. The van der Waals surface area contributed by atoms with Gasteiger partial charge < -0.3 is 15.3 Å². The maximum Gasteiger partial charge on any atom is 0.337 e. The lowest BCUT2D eigenvalue weighted by atomic mass is 10.1. The van der Waals surface area contributed by atoms with E-state index in [2.05, 4.69) is 22.1 Å². The van der Waals surface area contributed by atoms with Crippen LogP contribution in [-0.4, -0.2) is 46.6 Å². The van der Waals surface area contributed by atoms with Crippen LogP contribution in [0.15, 0.2) is 18.3 Å². The summed E-state index contributed by atoms with van der Waals surface area (Å²) in [6.45, 7) is 5.48. The predicted molar refractivity (Wildman–Crippen MR) is 74.6 cm³/mol. The molecule has 5 heteroatoms. The zero-order chi connectivity index (χ0) is 13.7. The Kier molecular flexibility index (Phi) is 4.74. The van der Waals surface area contributed by atoms with E-state index >= 15 is 0 Å². The van der Waals surface area contributed by atoms with Crippen LogP contribution in [-0.2, 0) is 0 Å². The molecule has 0 bridgehead atoms. The molecule has 1 fully saturated rings. The number of aromatic nitrogens is 1. The van der Waals surface area contributed by atoms with Crippen molar-refractivity contribution in [3.8, 4) is 0 Å². The van der Waals surface area contributed by atoms with Gasteiger partial charge in [0.05, 0.1) is 5.56 Å². The predicted octanol–water partition coefficient (Wildman–Crippen LogP) is 2.07. The van der Waals surface area contributed by atoms with Crippen molar-refractivity contribution in [2.45, 2.75) is 32.2 Å². The van der Waals surface area contributed by atoms with Crippen LogP contribution in [0.1, 0.15) is 36.5 Å². The van der Waals surface area contributed by atoms with Crippen LogP contribution in [0.25, 0.3) is 0 Å². The second kappa shape index (κ2) is 6.52. The first-order valence-electron chi connectivity index (χ1n) is 6.83. The van der Waals surface area contributed by atoms with Crippen molar-refractivity contribution in [1.82, 2.24) is 9.88 Å². The number of carboxylic acids is 1. The lowest BCUT2D eigenvalue weighted by Crippen LogP contribution is -2.38. The Morgan fingerprint density at radius 1 is 1.42 bits per heavy atom. The van der Waals surface area contributed by atoms with E-state index in [1.807, 2.05) is 0 Å². The molecule has 2 rings (SSSR count). The molecule has 0 amide bonds. The zero-order valence-corrected chi connectivity index (χ0v) is 11.3. The fourth-order valence-corrected chi connectivity index (χ4v) is 2.43. The fourth-order valence-electron chi connectivity index (χ4n) is 2.43. The summed E-state index contributed by atoms with van der Waals surface area (Å²) in [6, 6.07) is 3.60. The fraction of sp³-hybridized carbons (Fsp3) is 0.571. The largest absolute Gasteiger partial charge is 0.478 e. The van der Waals surface area contributed by atoms with E-state index in [1.165, 1.54) is 38.5 Å². The monoisotopic (exact) mass is 263 g/mol. The summed E-state index contributed by atoms with van der Waals surface area (Å²) >= 11 is 0. The Balaban J connectivity index is 1.83. The van der Waals surface area contributed by atoms with Gasteiger partial charge >= 0.3 is 5.97 Å². The molecule has 0 spiro atoms. The van der Waals surface area contributed by atoms with E-state index in [1.54, 1.807) is 12.1 Å².